The summed E-state index contributed by atoms with van der Waals surface area (Å²) in [6.07, 6.45) is 2.91. The molecule has 0 spiro atoms. The number of hydrogen-bond donors (Lipinski definition) is 0. The summed E-state index contributed by atoms with van der Waals surface area (Å²) >= 11 is 3.20. The van der Waals surface area contributed by atoms with Gasteiger partial charge in [0.15, 0.2) is 11.6 Å². The van der Waals surface area contributed by atoms with E-state index in [4.69, 9.17) is 9.47 Å². The molecule has 0 fully saturated rings. The Morgan fingerprint density at radius 2 is 2.05 bits per heavy atom. The van der Waals surface area contributed by atoms with Crippen LogP contribution in [0.4, 0.5) is 10.1 Å². The number of nitro groups is 1. The van der Waals surface area contributed by atoms with Crippen molar-refractivity contribution in [1.82, 2.24) is 4.98 Å². The Bertz CT molecular complexity index is 666. The molecule has 104 valence electrons. The fourth-order valence-corrected chi connectivity index (χ4v) is 1.82. The van der Waals surface area contributed by atoms with Crippen molar-refractivity contribution in [2.75, 3.05) is 7.11 Å². The van der Waals surface area contributed by atoms with E-state index in [1.54, 1.807) is 6.07 Å². The number of nitrogens with zero attached hydrogens (tertiary/aromatic N) is 2. The van der Waals surface area contributed by atoms with Crippen LogP contribution in [0.2, 0.25) is 0 Å². The molecule has 0 aliphatic heterocycles. The highest BCUT2D eigenvalue weighted by atomic mass is 79.9. The number of ether oxygens (including phenoxy) is 2. The summed E-state index contributed by atoms with van der Waals surface area (Å²) < 4.78 is 24.3. The maximum absolute atomic E-state index is 13.5. The summed E-state index contributed by atoms with van der Waals surface area (Å²) in [6, 6.07) is 3.44. The number of aromatic nitrogens is 1. The van der Waals surface area contributed by atoms with Gasteiger partial charge in [-0.15, -0.1) is 0 Å². The van der Waals surface area contributed by atoms with Crippen molar-refractivity contribution in [2.24, 2.45) is 0 Å². The lowest BCUT2D eigenvalue weighted by atomic mass is 10.2. The maximum Gasteiger partial charge on any atom is 0.314 e. The van der Waals surface area contributed by atoms with Crippen molar-refractivity contribution in [3.8, 4) is 17.2 Å². The molecule has 0 radical (unpaired) electrons. The molecule has 0 N–H and O–H groups in total. The first kappa shape index (κ1) is 14.2. The minimum atomic E-state index is -0.834. The van der Waals surface area contributed by atoms with Crippen LogP contribution >= 0.6 is 15.9 Å². The van der Waals surface area contributed by atoms with Crippen LogP contribution in [0.25, 0.3) is 0 Å². The van der Waals surface area contributed by atoms with Crippen LogP contribution in [0.1, 0.15) is 0 Å². The monoisotopic (exact) mass is 342 g/mol. The Labute approximate surface area is 121 Å². The SMILES string of the molecule is COc1cc(Oc2cncc(Br)c2)c([N+](=O)[O-])cc1F. The molecule has 6 nitrogen and oxygen atoms in total. The molecule has 1 aromatic heterocycles. The zero-order valence-electron chi connectivity index (χ0n) is 10.2. The van der Waals surface area contributed by atoms with Crippen LogP contribution in [-0.2, 0) is 0 Å². The number of rotatable bonds is 4. The average Bonchev–Trinajstić information content (AvgIpc) is 2.40. The third kappa shape index (κ3) is 3.02. The molecule has 20 heavy (non-hydrogen) atoms. The van der Waals surface area contributed by atoms with Gasteiger partial charge in [-0.2, -0.15) is 0 Å². The van der Waals surface area contributed by atoms with Crippen LogP contribution in [0, 0.1) is 15.9 Å². The van der Waals surface area contributed by atoms with Gasteiger partial charge in [-0.1, -0.05) is 0 Å². The lowest BCUT2D eigenvalue weighted by molar-refractivity contribution is -0.385. The molecule has 8 heteroatoms. The second kappa shape index (κ2) is 5.83. The Morgan fingerprint density at radius 3 is 2.65 bits per heavy atom. The summed E-state index contributed by atoms with van der Waals surface area (Å²) in [5.74, 6) is -0.836. The molecule has 0 amide bonds. The third-order valence-electron chi connectivity index (χ3n) is 2.34. The zero-order valence-corrected chi connectivity index (χ0v) is 11.8. The molecule has 0 aliphatic carbocycles. The first-order valence-electron chi connectivity index (χ1n) is 5.31. The van der Waals surface area contributed by atoms with E-state index in [2.05, 4.69) is 20.9 Å². The number of benzene rings is 1. The predicted molar refractivity (Wildman–Crippen MR) is 71.6 cm³/mol. The van der Waals surface area contributed by atoms with Gasteiger partial charge in [0.2, 0.25) is 5.75 Å². The first-order valence-corrected chi connectivity index (χ1v) is 6.11. The van der Waals surface area contributed by atoms with Crippen LogP contribution in [0.3, 0.4) is 0 Å². The Morgan fingerprint density at radius 1 is 1.30 bits per heavy atom. The molecule has 0 saturated carbocycles. The second-order valence-electron chi connectivity index (χ2n) is 3.65. The van der Waals surface area contributed by atoms with Crippen molar-refractivity contribution < 1.29 is 18.8 Å². The maximum atomic E-state index is 13.5. The quantitative estimate of drug-likeness (QED) is 0.625. The van der Waals surface area contributed by atoms with Gasteiger partial charge >= 0.3 is 5.69 Å². The summed E-state index contributed by atoms with van der Waals surface area (Å²) in [6.45, 7) is 0. The molecule has 0 aliphatic rings. The molecule has 0 unspecified atom stereocenters. The molecule has 1 heterocycles. The highest BCUT2D eigenvalue weighted by Gasteiger charge is 2.21. The van der Waals surface area contributed by atoms with Gasteiger partial charge in [0.05, 0.1) is 24.3 Å². The summed E-state index contributed by atoms with van der Waals surface area (Å²) in [5, 5.41) is 10.9. The van der Waals surface area contributed by atoms with Crippen LogP contribution in [-0.4, -0.2) is 17.0 Å². The number of halogens is 2. The largest absolute Gasteiger partial charge is 0.494 e. The fourth-order valence-electron chi connectivity index (χ4n) is 1.48. The number of pyridine rings is 1. The van der Waals surface area contributed by atoms with Gasteiger partial charge in [-0.3, -0.25) is 15.1 Å². The lowest BCUT2D eigenvalue weighted by Crippen LogP contribution is -1.97. The first-order chi connectivity index (χ1) is 9.51. The smallest absolute Gasteiger partial charge is 0.314 e. The van der Waals surface area contributed by atoms with E-state index < -0.39 is 16.4 Å². The third-order valence-corrected chi connectivity index (χ3v) is 2.77. The Balaban J connectivity index is 2.46. The molecule has 2 rings (SSSR count). The van der Waals surface area contributed by atoms with Gasteiger partial charge in [-0.05, 0) is 22.0 Å². The minimum Gasteiger partial charge on any atom is -0.494 e. The van der Waals surface area contributed by atoms with Gasteiger partial charge in [-0.25, -0.2) is 4.39 Å². The second-order valence-corrected chi connectivity index (χ2v) is 4.57. The van der Waals surface area contributed by atoms with Crippen LogP contribution in [0.5, 0.6) is 17.2 Å². The number of methoxy groups -OCH3 is 1. The van der Waals surface area contributed by atoms with E-state index in [1.165, 1.54) is 19.5 Å². The van der Waals surface area contributed by atoms with Gasteiger partial charge in [0.25, 0.3) is 0 Å². The molecule has 0 bridgehead atoms. The highest BCUT2D eigenvalue weighted by molar-refractivity contribution is 9.10. The van der Waals surface area contributed by atoms with Gasteiger partial charge < -0.3 is 9.47 Å². The predicted octanol–water partition coefficient (Wildman–Crippen LogP) is 3.69. The van der Waals surface area contributed by atoms with E-state index in [9.17, 15) is 14.5 Å². The molecular weight excluding hydrogens is 335 g/mol. The summed E-state index contributed by atoms with van der Waals surface area (Å²) in [4.78, 5) is 14.1. The minimum absolute atomic E-state index is 0.131. The highest BCUT2D eigenvalue weighted by Crippen LogP contribution is 2.36. The van der Waals surface area contributed by atoms with Crippen molar-refractivity contribution in [1.29, 1.82) is 0 Å². The molecular formula is C12H8BrFN2O4. The van der Waals surface area contributed by atoms with Gasteiger partial charge in [0.1, 0.15) is 5.75 Å². The molecule has 1 aromatic carbocycles. The fraction of sp³-hybridized carbons (Fsp3) is 0.0833. The summed E-state index contributed by atoms with van der Waals surface area (Å²) in [7, 11) is 1.26. The van der Waals surface area contributed by atoms with E-state index in [0.717, 1.165) is 12.1 Å². The average molecular weight is 343 g/mol. The molecule has 2 aromatic rings. The van der Waals surface area contributed by atoms with E-state index in [1.807, 2.05) is 0 Å². The standard InChI is InChI=1S/C12H8BrFN2O4/c1-19-11-4-12(10(16(17)18)3-9(11)14)20-8-2-7(13)5-15-6-8/h2-6H,1H3. The van der Waals surface area contributed by atoms with Gasteiger partial charge in [0, 0.05) is 16.7 Å². The van der Waals surface area contributed by atoms with Crippen molar-refractivity contribution >= 4 is 21.6 Å². The summed E-state index contributed by atoms with van der Waals surface area (Å²) in [5.41, 5.74) is -0.497. The molecule has 0 atom stereocenters. The van der Waals surface area contributed by atoms with E-state index in [-0.39, 0.29) is 17.2 Å². The lowest BCUT2D eigenvalue weighted by Gasteiger charge is -2.08. The van der Waals surface area contributed by atoms with Crippen molar-refractivity contribution in [3.63, 3.8) is 0 Å². The normalized spacial score (nSPS) is 10.2. The van der Waals surface area contributed by atoms with Crippen LogP contribution in [0.15, 0.2) is 35.1 Å². The number of nitro benzene ring substituents is 1. The Kier molecular flexibility index (Phi) is 4.14. The topological polar surface area (TPSA) is 74.5 Å². The van der Waals surface area contributed by atoms with E-state index >= 15 is 0 Å². The number of hydrogen-bond acceptors (Lipinski definition) is 5. The van der Waals surface area contributed by atoms with Crippen molar-refractivity contribution in [3.05, 3.63) is 51.0 Å². The van der Waals surface area contributed by atoms with Crippen LogP contribution < -0.4 is 9.47 Å². The van der Waals surface area contributed by atoms with E-state index in [0.29, 0.717) is 4.47 Å². The van der Waals surface area contributed by atoms with Crippen molar-refractivity contribution in [2.45, 2.75) is 0 Å². The molecule has 0 saturated heterocycles. The zero-order chi connectivity index (χ0) is 14.7. The Hall–Kier alpha value is -2.22.